The van der Waals surface area contributed by atoms with E-state index in [0.29, 0.717) is 11.9 Å². The summed E-state index contributed by atoms with van der Waals surface area (Å²) in [5, 5.41) is 5.29. The Morgan fingerprint density at radius 1 is 1.33 bits per heavy atom. The maximum absolute atomic E-state index is 5.83. The molecule has 2 aromatic heterocycles. The summed E-state index contributed by atoms with van der Waals surface area (Å²) in [6.07, 6.45) is 7.72. The molecule has 2 N–H and O–H groups in total. The summed E-state index contributed by atoms with van der Waals surface area (Å²) in [6, 6.07) is 0.409. The zero-order valence-electron chi connectivity index (χ0n) is 10.0. The van der Waals surface area contributed by atoms with Gasteiger partial charge in [-0.25, -0.2) is 14.6 Å². The highest BCUT2D eigenvalue weighted by molar-refractivity contribution is 5.84. The molecule has 18 heavy (non-hydrogen) atoms. The van der Waals surface area contributed by atoms with Gasteiger partial charge in [-0.05, 0) is 25.7 Å². The standard InChI is InChI=1S/C12H15N5O/c13-10-9-5-16-17(11(9)15-7-14-10)8-1-3-12(4-2-8)6-18-12/h5,7-8H,1-4,6H2,(H2,13,14,15). The first kappa shape index (κ1) is 10.3. The maximum atomic E-state index is 5.83. The van der Waals surface area contributed by atoms with Gasteiger partial charge in [-0.2, -0.15) is 5.10 Å². The van der Waals surface area contributed by atoms with E-state index >= 15 is 0 Å². The second kappa shape index (κ2) is 3.41. The molecule has 0 bridgehead atoms. The van der Waals surface area contributed by atoms with Crippen molar-refractivity contribution in [2.24, 2.45) is 0 Å². The molecular formula is C12H15N5O. The van der Waals surface area contributed by atoms with Crippen LogP contribution in [0.15, 0.2) is 12.5 Å². The molecule has 2 aromatic rings. The Hall–Kier alpha value is -1.69. The van der Waals surface area contributed by atoms with Crippen LogP contribution in [0.1, 0.15) is 31.7 Å². The highest BCUT2D eigenvalue weighted by Gasteiger charge is 2.47. The molecule has 6 nitrogen and oxygen atoms in total. The van der Waals surface area contributed by atoms with Gasteiger partial charge in [0.15, 0.2) is 5.65 Å². The van der Waals surface area contributed by atoms with Gasteiger partial charge in [0.05, 0.1) is 29.8 Å². The molecule has 0 radical (unpaired) electrons. The first-order valence-electron chi connectivity index (χ1n) is 6.35. The van der Waals surface area contributed by atoms with Crippen molar-refractivity contribution in [1.82, 2.24) is 19.7 Å². The van der Waals surface area contributed by atoms with Gasteiger partial charge < -0.3 is 10.5 Å². The molecule has 1 saturated carbocycles. The summed E-state index contributed by atoms with van der Waals surface area (Å²) in [5.41, 5.74) is 6.89. The SMILES string of the molecule is Nc1ncnc2c1cnn2C1CCC2(CC1)CO2. The molecule has 4 rings (SSSR count). The van der Waals surface area contributed by atoms with Crippen molar-refractivity contribution in [2.45, 2.75) is 37.3 Å². The largest absolute Gasteiger partial charge is 0.383 e. The average molecular weight is 245 g/mol. The van der Waals surface area contributed by atoms with Gasteiger partial charge in [0.1, 0.15) is 12.1 Å². The fourth-order valence-corrected chi connectivity index (χ4v) is 2.91. The Labute approximate surface area is 104 Å². The van der Waals surface area contributed by atoms with E-state index in [2.05, 4.69) is 15.1 Å². The van der Waals surface area contributed by atoms with Gasteiger partial charge in [-0.3, -0.25) is 0 Å². The van der Waals surface area contributed by atoms with Crippen molar-refractivity contribution in [3.8, 4) is 0 Å². The van der Waals surface area contributed by atoms with Crippen LogP contribution in [0, 0.1) is 0 Å². The van der Waals surface area contributed by atoms with Crippen LogP contribution in [0.5, 0.6) is 0 Å². The summed E-state index contributed by atoms with van der Waals surface area (Å²) < 4.78 is 7.54. The van der Waals surface area contributed by atoms with Crippen LogP contribution in [0.4, 0.5) is 5.82 Å². The molecule has 6 heteroatoms. The topological polar surface area (TPSA) is 82.2 Å². The lowest BCUT2D eigenvalue weighted by molar-refractivity contribution is 0.196. The summed E-state index contributed by atoms with van der Waals surface area (Å²) in [7, 11) is 0. The second-order valence-corrected chi connectivity index (χ2v) is 5.29. The van der Waals surface area contributed by atoms with Crippen LogP contribution < -0.4 is 5.73 Å². The van der Waals surface area contributed by atoms with Crippen molar-refractivity contribution >= 4 is 16.9 Å². The molecule has 0 aromatic carbocycles. The average Bonchev–Trinajstić information content (AvgIpc) is 2.99. The molecule has 0 unspecified atom stereocenters. The zero-order valence-corrected chi connectivity index (χ0v) is 10.0. The summed E-state index contributed by atoms with van der Waals surface area (Å²) in [6.45, 7) is 0.939. The molecule has 94 valence electrons. The molecule has 1 spiro atoms. The number of nitrogens with zero attached hydrogens (tertiary/aromatic N) is 4. The molecular weight excluding hydrogens is 230 g/mol. The third-order valence-electron chi connectivity index (χ3n) is 4.19. The van der Waals surface area contributed by atoms with Gasteiger partial charge in [-0.1, -0.05) is 0 Å². The predicted octanol–water partition coefficient (Wildman–Crippen LogP) is 1.29. The number of aromatic nitrogens is 4. The predicted molar refractivity (Wildman–Crippen MR) is 65.9 cm³/mol. The Bertz CT molecular complexity index is 594. The van der Waals surface area contributed by atoms with E-state index in [1.807, 2.05) is 4.68 Å². The first-order chi connectivity index (χ1) is 8.77. The number of anilines is 1. The molecule has 2 fully saturated rings. The quantitative estimate of drug-likeness (QED) is 0.765. The van der Waals surface area contributed by atoms with E-state index in [1.54, 1.807) is 6.20 Å². The van der Waals surface area contributed by atoms with E-state index in [1.165, 1.54) is 6.33 Å². The molecule has 3 heterocycles. The Kier molecular flexibility index (Phi) is 1.94. The first-order valence-corrected chi connectivity index (χ1v) is 6.35. The lowest BCUT2D eigenvalue weighted by atomic mass is 9.86. The fraction of sp³-hybridized carbons (Fsp3) is 0.583. The van der Waals surface area contributed by atoms with Crippen LogP contribution in [0.2, 0.25) is 0 Å². The molecule has 0 amide bonds. The smallest absolute Gasteiger partial charge is 0.163 e. The third-order valence-corrected chi connectivity index (χ3v) is 4.19. The number of rotatable bonds is 1. The van der Waals surface area contributed by atoms with Crippen LogP contribution in [-0.2, 0) is 4.74 Å². The van der Waals surface area contributed by atoms with Crippen LogP contribution in [-0.4, -0.2) is 32.0 Å². The molecule has 0 atom stereocenters. The highest BCUT2D eigenvalue weighted by atomic mass is 16.6. The van der Waals surface area contributed by atoms with Crippen molar-refractivity contribution in [3.05, 3.63) is 12.5 Å². The Morgan fingerprint density at radius 3 is 2.83 bits per heavy atom. The molecule has 1 aliphatic carbocycles. The Morgan fingerprint density at radius 2 is 2.11 bits per heavy atom. The number of epoxide rings is 1. The zero-order chi connectivity index (χ0) is 12.2. The lowest BCUT2D eigenvalue weighted by Crippen LogP contribution is -2.24. The minimum atomic E-state index is 0.216. The Balaban J connectivity index is 1.68. The normalized spacial score (nSPS) is 31.0. The van der Waals surface area contributed by atoms with Crippen molar-refractivity contribution in [1.29, 1.82) is 0 Å². The highest BCUT2D eigenvalue weighted by Crippen LogP contribution is 2.45. The van der Waals surface area contributed by atoms with Gasteiger partial charge in [-0.15, -0.1) is 0 Å². The summed E-state index contributed by atoms with van der Waals surface area (Å²) >= 11 is 0. The van der Waals surface area contributed by atoms with Gasteiger partial charge in [0.25, 0.3) is 0 Å². The number of hydrogen-bond donors (Lipinski definition) is 1. The molecule has 1 aliphatic heterocycles. The van der Waals surface area contributed by atoms with E-state index < -0.39 is 0 Å². The van der Waals surface area contributed by atoms with Gasteiger partial charge in [0.2, 0.25) is 0 Å². The van der Waals surface area contributed by atoms with E-state index in [-0.39, 0.29) is 5.60 Å². The van der Waals surface area contributed by atoms with Crippen molar-refractivity contribution < 1.29 is 4.74 Å². The lowest BCUT2D eigenvalue weighted by Gasteiger charge is -2.26. The van der Waals surface area contributed by atoms with Crippen LogP contribution in [0.3, 0.4) is 0 Å². The minimum absolute atomic E-state index is 0.216. The van der Waals surface area contributed by atoms with Crippen LogP contribution >= 0.6 is 0 Å². The number of nitrogen functional groups attached to an aromatic ring is 1. The number of fused-ring (bicyclic) bond motifs is 1. The van der Waals surface area contributed by atoms with E-state index in [9.17, 15) is 0 Å². The van der Waals surface area contributed by atoms with E-state index in [4.69, 9.17) is 10.5 Å². The monoisotopic (exact) mass is 245 g/mol. The van der Waals surface area contributed by atoms with Gasteiger partial charge in [0, 0.05) is 0 Å². The van der Waals surface area contributed by atoms with Gasteiger partial charge >= 0.3 is 0 Å². The van der Waals surface area contributed by atoms with E-state index in [0.717, 1.165) is 43.3 Å². The van der Waals surface area contributed by atoms with Crippen LogP contribution in [0.25, 0.3) is 11.0 Å². The fourth-order valence-electron chi connectivity index (χ4n) is 2.91. The molecule has 2 aliphatic rings. The van der Waals surface area contributed by atoms with Crippen molar-refractivity contribution in [3.63, 3.8) is 0 Å². The maximum Gasteiger partial charge on any atom is 0.163 e. The third kappa shape index (κ3) is 1.42. The minimum Gasteiger partial charge on any atom is -0.383 e. The number of hydrogen-bond acceptors (Lipinski definition) is 5. The van der Waals surface area contributed by atoms with Crippen molar-refractivity contribution in [2.75, 3.05) is 12.3 Å². The summed E-state index contributed by atoms with van der Waals surface area (Å²) in [4.78, 5) is 8.30. The number of nitrogens with two attached hydrogens (primary N) is 1. The second-order valence-electron chi connectivity index (χ2n) is 5.29. The molecule has 1 saturated heterocycles. The summed E-state index contributed by atoms with van der Waals surface area (Å²) in [5.74, 6) is 0.504. The number of ether oxygens (including phenoxy) is 1.